The number of hydrogen-bond acceptors (Lipinski definition) is 3. The van der Waals surface area contributed by atoms with E-state index in [1.165, 1.54) is 20.2 Å². The molecule has 1 fully saturated rings. The van der Waals surface area contributed by atoms with Crippen LogP contribution in [0.2, 0.25) is 0 Å². The summed E-state index contributed by atoms with van der Waals surface area (Å²) >= 11 is 3.28. The Morgan fingerprint density at radius 3 is 2.32 bits per heavy atom. The van der Waals surface area contributed by atoms with E-state index in [0.29, 0.717) is 10.2 Å². The van der Waals surface area contributed by atoms with E-state index in [2.05, 4.69) is 15.9 Å². The summed E-state index contributed by atoms with van der Waals surface area (Å²) in [4.78, 5) is 1.90. The standard InChI is InChI=1S/C12H16BrFN2O2S/c1-15(2)19(17,18)9-7-10(13)12(11(14)8-9)16-5-3-4-6-16/h7-8H,3-6H2,1-2H3. The van der Waals surface area contributed by atoms with E-state index in [0.717, 1.165) is 36.3 Å². The summed E-state index contributed by atoms with van der Waals surface area (Å²) in [7, 11) is -0.765. The molecule has 0 atom stereocenters. The van der Waals surface area contributed by atoms with Gasteiger partial charge in [-0.3, -0.25) is 0 Å². The van der Waals surface area contributed by atoms with Crippen LogP contribution in [0.25, 0.3) is 0 Å². The Morgan fingerprint density at radius 1 is 1.26 bits per heavy atom. The molecule has 0 N–H and O–H groups in total. The maximum absolute atomic E-state index is 14.2. The fourth-order valence-corrected chi connectivity index (χ4v) is 3.92. The van der Waals surface area contributed by atoms with Gasteiger partial charge in [-0.2, -0.15) is 0 Å². The van der Waals surface area contributed by atoms with Crippen molar-refractivity contribution in [2.75, 3.05) is 32.1 Å². The van der Waals surface area contributed by atoms with E-state index in [1.807, 2.05) is 4.90 Å². The lowest BCUT2D eigenvalue weighted by molar-refractivity contribution is 0.519. The number of hydrogen-bond donors (Lipinski definition) is 0. The minimum Gasteiger partial charge on any atom is -0.368 e. The van der Waals surface area contributed by atoms with Gasteiger partial charge in [-0.15, -0.1) is 0 Å². The molecule has 1 heterocycles. The molecular weight excluding hydrogens is 335 g/mol. The third kappa shape index (κ3) is 2.78. The average Bonchev–Trinajstić information content (AvgIpc) is 2.81. The number of halogens is 2. The van der Waals surface area contributed by atoms with Gasteiger partial charge in [0.15, 0.2) is 0 Å². The highest BCUT2D eigenvalue weighted by Gasteiger charge is 2.24. The van der Waals surface area contributed by atoms with Gasteiger partial charge < -0.3 is 4.90 Å². The molecule has 1 aliphatic rings. The number of nitrogens with zero attached hydrogens (tertiary/aromatic N) is 2. The molecule has 0 unspecified atom stereocenters. The molecule has 0 aliphatic carbocycles. The van der Waals surface area contributed by atoms with Crippen LogP contribution in [0.15, 0.2) is 21.5 Å². The van der Waals surface area contributed by atoms with Gasteiger partial charge in [-0.05, 0) is 40.9 Å². The Balaban J connectivity index is 2.48. The van der Waals surface area contributed by atoms with Crippen molar-refractivity contribution in [3.05, 3.63) is 22.4 Å². The smallest absolute Gasteiger partial charge is 0.242 e. The van der Waals surface area contributed by atoms with Crippen LogP contribution >= 0.6 is 15.9 Å². The Labute approximate surface area is 121 Å². The minimum atomic E-state index is -3.62. The first kappa shape index (κ1) is 14.7. The summed E-state index contributed by atoms with van der Waals surface area (Å²) in [6.45, 7) is 1.60. The first-order valence-electron chi connectivity index (χ1n) is 6.00. The highest BCUT2D eigenvalue weighted by atomic mass is 79.9. The van der Waals surface area contributed by atoms with E-state index in [9.17, 15) is 12.8 Å². The van der Waals surface area contributed by atoms with E-state index < -0.39 is 15.8 Å². The third-order valence-corrected chi connectivity index (χ3v) is 5.59. The van der Waals surface area contributed by atoms with Crippen molar-refractivity contribution in [2.45, 2.75) is 17.7 Å². The fourth-order valence-electron chi connectivity index (χ4n) is 2.14. The van der Waals surface area contributed by atoms with Gasteiger partial charge in [0.2, 0.25) is 10.0 Å². The van der Waals surface area contributed by atoms with Crippen LogP contribution in [0.1, 0.15) is 12.8 Å². The summed E-state index contributed by atoms with van der Waals surface area (Å²) in [5.74, 6) is -0.503. The molecule has 0 spiro atoms. The number of anilines is 1. The first-order valence-corrected chi connectivity index (χ1v) is 8.24. The van der Waals surface area contributed by atoms with Crippen molar-refractivity contribution in [3.8, 4) is 0 Å². The molecule has 1 aromatic carbocycles. The molecule has 0 aromatic heterocycles. The Kier molecular flexibility index (Phi) is 4.17. The molecule has 106 valence electrons. The number of benzene rings is 1. The fraction of sp³-hybridized carbons (Fsp3) is 0.500. The molecule has 0 radical (unpaired) electrons. The van der Waals surface area contributed by atoms with Crippen molar-refractivity contribution in [2.24, 2.45) is 0 Å². The lowest BCUT2D eigenvalue weighted by Gasteiger charge is -2.21. The molecule has 0 amide bonds. The van der Waals surface area contributed by atoms with Gasteiger partial charge in [-0.1, -0.05) is 0 Å². The zero-order valence-corrected chi connectivity index (χ0v) is 13.3. The van der Waals surface area contributed by atoms with E-state index >= 15 is 0 Å². The SMILES string of the molecule is CN(C)S(=O)(=O)c1cc(F)c(N2CCCC2)c(Br)c1. The molecule has 4 nitrogen and oxygen atoms in total. The van der Waals surface area contributed by atoms with Gasteiger partial charge in [-0.25, -0.2) is 17.1 Å². The molecule has 1 aliphatic heterocycles. The minimum absolute atomic E-state index is 0.0372. The van der Waals surface area contributed by atoms with E-state index in [1.54, 1.807) is 0 Å². The molecule has 1 saturated heterocycles. The maximum atomic E-state index is 14.2. The van der Waals surface area contributed by atoms with Gasteiger partial charge in [0.05, 0.1) is 10.6 Å². The topological polar surface area (TPSA) is 40.6 Å². The molecule has 2 rings (SSSR count). The summed E-state index contributed by atoms with van der Waals surface area (Å²) in [6, 6.07) is 2.56. The molecule has 19 heavy (non-hydrogen) atoms. The van der Waals surface area contributed by atoms with Crippen LogP contribution < -0.4 is 4.90 Å². The van der Waals surface area contributed by atoms with Crippen LogP contribution in [0, 0.1) is 5.82 Å². The summed E-state index contributed by atoms with van der Waals surface area (Å²) < 4.78 is 39.7. The van der Waals surface area contributed by atoms with Crippen molar-refractivity contribution in [3.63, 3.8) is 0 Å². The Morgan fingerprint density at radius 2 is 1.84 bits per heavy atom. The summed E-state index contributed by atoms with van der Waals surface area (Å²) in [5, 5.41) is 0. The van der Waals surface area contributed by atoms with Crippen LogP contribution in [0.5, 0.6) is 0 Å². The van der Waals surface area contributed by atoms with Crippen LogP contribution in [-0.4, -0.2) is 39.9 Å². The zero-order valence-electron chi connectivity index (χ0n) is 10.9. The van der Waals surface area contributed by atoms with E-state index in [-0.39, 0.29) is 4.90 Å². The lowest BCUT2D eigenvalue weighted by atomic mass is 10.3. The summed E-state index contributed by atoms with van der Waals surface area (Å²) in [6.07, 6.45) is 2.06. The normalized spacial score (nSPS) is 16.4. The second-order valence-electron chi connectivity index (χ2n) is 4.72. The second-order valence-corrected chi connectivity index (χ2v) is 7.72. The number of rotatable bonds is 3. The van der Waals surface area contributed by atoms with E-state index in [4.69, 9.17) is 0 Å². The molecule has 0 bridgehead atoms. The van der Waals surface area contributed by atoms with Crippen LogP contribution in [0.3, 0.4) is 0 Å². The van der Waals surface area contributed by atoms with Crippen molar-refractivity contribution >= 4 is 31.6 Å². The largest absolute Gasteiger partial charge is 0.368 e. The first-order chi connectivity index (χ1) is 8.84. The predicted octanol–water partition coefficient (Wildman–Crippen LogP) is 2.44. The quantitative estimate of drug-likeness (QED) is 0.840. The zero-order chi connectivity index (χ0) is 14.2. The second kappa shape index (κ2) is 5.38. The van der Waals surface area contributed by atoms with Crippen molar-refractivity contribution in [1.82, 2.24) is 4.31 Å². The maximum Gasteiger partial charge on any atom is 0.242 e. The van der Waals surface area contributed by atoms with Gasteiger partial charge in [0.1, 0.15) is 5.82 Å². The molecule has 7 heteroatoms. The van der Waals surface area contributed by atoms with Crippen molar-refractivity contribution < 1.29 is 12.8 Å². The predicted molar refractivity (Wildman–Crippen MR) is 76.4 cm³/mol. The third-order valence-electron chi connectivity index (χ3n) is 3.19. The number of sulfonamides is 1. The lowest BCUT2D eigenvalue weighted by Crippen LogP contribution is -2.23. The molecule has 0 saturated carbocycles. The van der Waals surface area contributed by atoms with Crippen molar-refractivity contribution in [1.29, 1.82) is 0 Å². The highest BCUT2D eigenvalue weighted by molar-refractivity contribution is 9.10. The van der Waals surface area contributed by atoms with Crippen LogP contribution in [0.4, 0.5) is 10.1 Å². The summed E-state index contributed by atoms with van der Waals surface area (Å²) in [5.41, 5.74) is 0.454. The van der Waals surface area contributed by atoms with Gasteiger partial charge in [0.25, 0.3) is 0 Å². The highest BCUT2D eigenvalue weighted by Crippen LogP contribution is 2.34. The van der Waals surface area contributed by atoms with Gasteiger partial charge in [0, 0.05) is 31.7 Å². The molecule has 1 aromatic rings. The van der Waals surface area contributed by atoms with Crippen LogP contribution in [-0.2, 0) is 10.0 Å². The average molecular weight is 351 g/mol. The monoisotopic (exact) mass is 350 g/mol. The Hall–Kier alpha value is -0.660. The van der Waals surface area contributed by atoms with Gasteiger partial charge >= 0.3 is 0 Å². The Bertz CT molecular complexity index is 560. The molecular formula is C12H16BrFN2O2S.